The highest BCUT2D eigenvalue weighted by molar-refractivity contribution is 6.30. The molecule has 3 nitrogen and oxygen atoms in total. The molecule has 1 heterocycles. The molecule has 0 saturated heterocycles. The van der Waals surface area contributed by atoms with Gasteiger partial charge in [0.15, 0.2) is 0 Å². The summed E-state index contributed by atoms with van der Waals surface area (Å²) >= 11 is 5.79. The molecular weight excluding hydrogens is 255 g/mol. The van der Waals surface area contributed by atoms with E-state index >= 15 is 0 Å². The van der Waals surface area contributed by atoms with Gasteiger partial charge in [-0.2, -0.15) is 0 Å². The van der Waals surface area contributed by atoms with Gasteiger partial charge in [-0.15, -0.1) is 0 Å². The first kappa shape index (κ1) is 12.8. The fourth-order valence-corrected chi connectivity index (χ4v) is 1.72. The van der Waals surface area contributed by atoms with Gasteiger partial charge in [-0.3, -0.25) is 4.98 Å². The van der Waals surface area contributed by atoms with Gasteiger partial charge in [0.05, 0.1) is 11.2 Å². The smallest absolute Gasteiger partial charge is 0.139 e. The molecule has 1 aromatic carbocycles. The third-order valence-electron chi connectivity index (χ3n) is 2.46. The van der Waals surface area contributed by atoms with E-state index in [1.165, 1.54) is 18.3 Å². The average Bonchev–Trinajstić information content (AvgIpc) is 2.37. The Morgan fingerprint density at radius 3 is 2.78 bits per heavy atom. The molecule has 0 aliphatic heterocycles. The van der Waals surface area contributed by atoms with Gasteiger partial charge < -0.3 is 10.5 Å². The van der Waals surface area contributed by atoms with Crippen molar-refractivity contribution in [1.82, 2.24) is 4.98 Å². The number of hydrogen-bond donors (Lipinski definition) is 1. The maximum atomic E-state index is 13.1. The number of halogens is 2. The predicted molar refractivity (Wildman–Crippen MR) is 67.9 cm³/mol. The monoisotopic (exact) mass is 266 g/mol. The largest absolute Gasteiger partial charge is 0.487 e. The summed E-state index contributed by atoms with van der Waals surface area (Å²) in [6.07, 6.45) is 3.06. The molecule has 0 bridgehead atoms. The van der Waals surface area contributed by atoms with Gasteiger partial charge in [-0.1, -0.05) is 17.7 Å². The quantitative estimate of drug-likeness (QED) is 0.926. The molecule has 0 fully saturated rings. The van der Waals surface area contributed by atoms with Crippen LogP contribution in [0.25, 0.3) is 0 Å². The molecule has 0 amide bonds. The Balaban J connectivity index is 2.12. The van der Waals surface area contributed by atoms with Crippen LogP contribution in [0.1, 0.15) is 11.1 Å². The van der Waals surface area contributed by atoms with Crippen molar-refractivity contribution in [2.75, 3.05) is 0 Å². The highest BCUT2D eigenvalue weighted by Crippen LogP contribution is 2.18. The number of nitrogens with zero attached hydrogens (tertiary/aromatic N) is 1. The van der Waals surface area contributed by atoms with Gasteiger partial charge in [-0.05, 0) is 23.3 Å². The lowest BCUT2D eigenvalue weighted by Crippen LogP contribution is -2.05. The Bertz CT molecular complexity index is 548. The molecule has 94 valence electrons. The van der Waals surface area contributed by atoms with Crippen LogP contribution < -0.4 is 10.5 Å². The van der Waals surface area contributed by atoms with Gasteiger partial charge in [0.2, 0.25) is 0 Å². The molecule has 0 saturated carbocycles. The number of pyridine rings is 1. The van der Waals surface area contributed by atoms with Crippen molar-refractivity contribution in [2.24, 2.45) is 5.73 Å². The summed E-state index contributed by atoms with van der Waals surface area (Å²) in [7, 11) is 0. The van der Waals surface area contributed by atoms with Crippen molar-refractivity contribution in [3.8, 4) is 5.75 Å². The fourth-order valence-electron chi connectivity index (χ4n) is 1.56. The van der Waals surface area contributed by atoms with Crippen LogP contribution >= 0.6 is 11.6 Å². The van der Waals surface area contributed by atoms with Crippen molar-refractivity contribution in [3.05, 3.63) is 58.6 Å². The Kier molecular flexibility index (Phi) is 4.12. The second-order valence-corrected chi connectivity index (χ2v) is 4.18. The van der Waals surface area contributed by atoms with E-state index in [9.17, 15) is 4.39 Å². The molecule has 0 spiro atoms. The lowest BCUT2D eigenvalue weighted by atomic mass is 10.1. The Hall–Kier alpha value is -1.65. The molecular formula is C13H12ClFN2O. The predicted octanol–water partition coefficient (Wildman–Crippen LogP) is 2.91. The molecule has 18 heavy (non-hydrogen) atoms. The number of benzene rings is 1. The van der Waals surface area contributed by atoms with E-state index in [1.54, 1.807) is 18.3 Å². The van der Waals surface area contributed by atoms with E-state index in [1.807, 2.05) is 0 Å². The van der Waals surface area contributed by atoms with Crippen LogP contribution in [0, 0.1) is 5.82 Å². The summed E-state index contributed by atoms with van der Waals surface area (Å²) in [5.41, 5.74) is 7.16. The van der Waals surface area contributed by atoms with E-state index in [4.69, 9.17) is 22.1 Å². The minimum atomic E-state index is -0.310. The fraction of sp³-hybridized carbons (Fsp3) is 0.154. The minimum absolute atomic E-state index is 0.228. The molecule has 0 radical (unpaired) electrons. The van der Waals surface area contributed by atoms with Crippen LogP contribution in [-0.2, 0) is 13.2 Å². The molecule has 0 aliphatic rings. The number of rotatable bonds is 4. The highest BCUT2D eigenvalue weighted by atomic mass is 35.5. The molecule has 2 aromatic rings. The highest BCUT2D eigenvalue weighted by Gasteiger charge is 2.04. The second kappa shape index (κ2) is 5.80. The maximum Gasteiger partial charge on any atom is 0.139 e. The van der Waals surface area contributed by atoms with E-state index in [0.717, 1.165) is 11.1 Å². The van der Waals surface area contributed by atoms with Crippen LogP contribution in [-0.4, -0.2) is 4.98 Å². The first-order valence-electron chi connectivity index (χ1n) is 5.40. The summed E-state index contributed by atoms with van der Waals surface area (Å²) in [4.78, 5) is 3.90. The molecule has 0 unspecified atom stereocenters. The topological polar surface area (TPSA) is 48.1 Å². The van der Waals surface area contributed by atoms with Crippen LogP contribution in [0.15, 0.2) is 36.7 Å². The van der Waals surface area contributed by atoms with Crippen molar-refractivity contribution in [2.45, 2.75) is 13.2 Å². The first-order valence-corrected chi connectivity index (χ1v) is 5.77. The first-order chi connectivity index (χ1) is 8.69. The number of ether oxygens (including phenoxy) is 1. The molecule has 2 N–H and O–H groups in total. The maximum absolute atomic E-state index is 13.1. The second-order valence-electron chi connectivity index (χ2n) is 3.74. The van der Waals surface area contributed by atoms with Gasteiger partial charge in [0, 0.05) is 18.8 Å². The van der Waals surface area contributed by atoms with E-state index < -0.39 is 0 Å². The van der Waals surface area contributed by atoms with Gasteiger partial charge in [0.25, 0.3) is 0 Å². The Morgan fingerprint density at radius 1 is 1.22 bits per heavy atom. The van der Waals surface area contributed by atoms with Gasteiger partial charge in [0.1, 0.15) is 18.2 Å². The lowest BCUT2D eigenvalue weighted by molar-refractivity contribution is 0.303. The SMILES string of the molecule is NCc1ccc(F)cc1COc1cncc(Cl)c1. The molecule has 5 heteroatoms. The van der Waals surface area contributed by atoms with Crippen molar-refractivity contribution >= 4 is 11.6 Å². The van der Waals surface area contributed by atoms with E-state index in [2.05, 4.69) is 4.98 Å². The average molecular weight is 267 g/mol. The number of nitrogens with two attached hydrogens (primary N) is 1. The summed E-state index contributed by atoms with van der Waals surface area (Å²) in [5.74, 6) is 0.227. The zero-order valence-electron chi connectivity index (χ0n) is 9.57. The van der Waals surface area contributed by atoms with Crippen LogP contribution in [0.4, 0.5) is 4.39 Å². The van der Waals surface area contributed by atoms with Gasteiger partial charge >= 0.3 is 0 Å². The Morgan fingerprint density at radius 2 is 2.06 bits per heavy atom. The third kappa shape index (κ3) is 3.18. The summed E-state index contributed by atoms with van der Waals surface area (Å²) in [6.45, 7) is 0.569. The van der Waals surface area contributed by atoms with E-state index in [-0.39, 0.29) is 12.4 Å². The molecule has 0 atom stereocenters. The van der Waals surface area contributed by atoms with Crippen molar-refractivity contribution in [1.29, 1.82) is 0 Å². The zero-order chi connectivity index (χ0) is 13.0. The summed E-state index contributed by atoms with van der Waals surface area (Å²) in [5, 5.41) is 0.491. The molecule has 2 rings (SSSR count). The van der Waals surface area contributed by atoms with Gasteiger partial charge in [-0.25, -0.2) is 4.39 Å². The van der Waals surface area contributed by atoms with Crippen LogP contribution in [0.2, 0.25) is 5.02 Å². The van der Waals surface area contributed by atoms with Crippen LogP contribution in [0.3, 0.4) is 0 Å². The standard InChI is InChI=1S/C13H12ClFN2O/c14-11-4-13(7-17-6-11)18-8-10-3-12(15)2-1-9(10)5-16/h1-4,6-7H,5,8,16H2. The number of hydrogen-bond acceptors (Lipinski definition) is 3. The zero-order valence-corrected chi connectivity index (χ0v) is 10.3. The van der Waals surface area contributed by atoms with Crippen molar-refractivity contribution in [3.63, 3.8) is 0 Å². The Labute approximate surface area is 109 Å². The third-order valence-corrected chi connectivity index (χ3v) is 2.67. The summed E-state index contributed by atoms with van der Waals surface area (Å²) in [6, 6.07) is 6.10. The normalized spacial score (nSPS) is 10.4. The minimum Gasteiger partial charge on any atom is -0.487 e. The molecule has 0 aliphatic carbocycles. The van der Waals surface area contributed by atoms with Crippen molar-refractivity contribution < 1.29 is 9.13 Å². The molecule has 1 aromatic heterocycles. The van der Waals surface area contributed by atoms with E-state index in [0.29, 0.717) is 17.3 Å². The lowest BCUT2D eigenvalue weighted by Gasteiger charge is -2.10. The number of aromatic nitrogens is 1. The van der Waals surface area contributed by atoms with Crippen LogP contribution in [0.5, 0.6) is 5.75 Å². The summed E-state index contributed by atoms with van der Waals surface area (Å²) < 4.78 is 18.6.